The van der Waals surface area contributed by atoms with Crippen LogP contribution in [0.3, 0.4) is 0 Å². The number of hydrogen-bond donors (Lipinski definition) is 1. The van der Waals surface area contributed by atoms with Gasteiger partial charge in [-0.1, -0.05) is 6.92 Å². The molecule has 1 aliphatic carbocycles. The van der Waals surface area contributed by atoms with Crippen LogP contribution in [0.1, 0.15) is 36.8 Å². The zero-order valence-electron chi connectivity index (χ0n) is 7.89. The van der Waals surface area contributed by atoms with Gasteiger partial charge >= 0.3 is 0 Å². The molecular weight excluding hydrogens is 164 g/mol. The van der Waals surface area contributed by atoms with Gasteiger partial charge in [0.1, 0.15) is 5.82 Å². The van der Waals surface area contributed by atoms with Gasteiger partial charge in [0.2, 0.25) is 0 Å². The molecular formula is C10H14N2O. The first-order valence-electron chi connectivity index (χ1n) is 4.92. The van der Waals surface area contributed by atoms with Gasteiger partial charge in [-0.05, 0) is 25.7 Å². The smallest absolute Gasteiger partial charge is 0.254 e. The number of hydrogen-bond acceptors (Lipinski definition) is 2. The molecule has 13 heavy (non-hydrogen) atoms. The van der Waals surface area contributed by atoms with Gasteiger partial charge < -0.3 is 4.98 Å². The largest absolute Gasteiger partial charge is 0.310 e. The molecule has 2 rings (SSSR count). The fourth-order valence-corrected chi connectivity index (χ4v) is 1.82. The van der Waals surface area contributed by atoms with Gasteiger partial charge in [-0.2, -0.15) is 0 Å². The van der Waals surface area contributed by atoms with Crippen molar-refractivity contribution in [3.8, 4) is 0 Å². The van der Waals surface area contributed by atoms with Crippen molar-refractivity contribution in [2.75, 3.05) is 0 Å². The molecule has 3 heteroatoms. The summed E-state index contributed by atoms with van der Waals surface area (Å²) in [4.78, 5) is 18.8. The zero-order chi connectivity index (χ0) is 9.26. The molecule has 1 N–H and O–H groups in total. The molecule has 0 saturated heterocycles. The lowest BCUT2D eigenvalue weighted by molar-refractivity contribution is 0.647. The van der Waals surface area contributed by atoms with Crippen molar-refractivity contribution in [1.29, 1.82) is 0 Å². The van der Waals surface area contributed by atoms with Crippen molar-refractivity contribution in [3.63, 3.8) is 0 Å². The topological polar surface area (TPSA) is 45.8 Å². The Bertz CT molecular complexity index is 368. The molecule has 1 aliphatic rings. The summed E-state index contributed by atoms with van der Waals surface area (Å²) in [5.41, 5.74) is 2.04. The summed E-state index contributed by atoms with van der Waals surface area (Å²) in [5.74, 6) is 0.825. The van der Waals surface area contributed by atoms with Crippen LogP contribution in [0.5, 0.6) is 0 Å². The second-order valence-electron chi connectivity index (χ2n) is 3.50. The van der Waals surface area contributed by atoms with Gasteiger partial charge in [-0.3, -0.25) is 4.79 Å². The van der Waals surface area contributed by atoms with Crippen LogP contribution in [0.2, 0.25) is 0 Å². The lowest BCUT2D eigenvalue weighted by Crippen LogP contribution is -2.22. The number of H-pyrrole nitrogens is 1. The molecule has 0 aromatic carbocycles. The second kappa shape index (κ2) is 3.32. The summed E-state index contributed by atoms with van der Waals surface area (Å²) in [6, 6.07) is 0. The minimum Gasteiger partial charge on any atom is -0.310 e. The molecule has 0 spiro atoms. The number of aromatic nitrogens is 2. The molecule has 0 aliphatic heterocycles. The molecule has 0 saturated carbocycles. The summed E-state index contributed by atoms with van der Waals surface area (Å²) in [6.07, 6.45) is 4.99. The maximum Gasteiger partial charge on any atom is 0.254 e. The van der Waals surface area contributed by atoms with Crippen LogP contribution in [0.25, 0.3) is 0 Å². The van der Waals surface area contributed by atoms with Crippen LogP contribution in [-0.2, 0) is 19.3 Å². The summed E-state index contributed by atoms with van der Waals surface area (Å²) in [5, 5.41) is 0. The van der Waals surface area contributed by atoms with Crippen molar-refractivity contribution in [3.05, 3.63) is 27.4 Å². The van der Waals surface area contributed by atoms with Crippen LogP contribution in [-0.4, -0.2) is 9.97 Å². The molecule has 0 radical (unpaired) electrons. The summed E-state index contributed by atoms with van der Waals surface area (Å²) < 4.78 is 0. The number of fused-ring (bicyclic) bond motifs is 1. The van der Waals surface area contributed by atoms with E-state index in [9.17, 15) is 4.79 Å². The lowest BCUT2D eigenvalue weighted by Gasteiger charge is -2.13. The fraction of sp³-hybridized carbons (Fsp3) is 0.600. The predicted octanol–water partition coefficient (Wildman–Crippen LogP) is 1.21. The van der Waals surface area contributed by atoms with Crippen molar-refractivity contribution < 1.29 is 0 Å². The Kier molecular flexibility index (Phi) is 2.17. The van der Waals surface area contributed by atoms with Crippen LogP contribution in [0.4, 0.5) is 0 Å². The Morgan fingerprint density at radius 3 is 2.92 bits per heavy atom. The summed E-state index contributed by atoms with van der Waals surface area (Å²) in [7, 11) is 0. The van der Waals surface area contributed by atoms with Crippen LogP contribution < -0.4 is 5.56 Å². The standard InChI is InChI=1S/C10H14N2O/c1-2-9-11-8-6-4-3-5-7(8)10(13)12-9/h2-6H2,1H3,(H,11,12,13). The fourth-order valence-electron chi connectivity index (χ4n) is 1.82. The van der Waals surface area contributed by atoms with Crippen molar-refractivity contribution >= 4 is 0 Å². The van der Waals surface area contributed by atoms with Gasteiger partial charge in [0.25, 0.3) is 5.56 Å². The van der Waals surface area contributed by atoms with Gasteiger partial charge in [0.15, 0.2) is 0 Å². The first-order chi connectivity index (χ1) is 6.31. The lowest BCUT2D eigenvalue weighted by atomic mass is 9.97. The van der Waals surface area contributed by atoms with E-state index in [1.807, 2.05) is 6.92 Å². The van der Waals surface area contributed by atoms with E-state index in [0.717, 1.165) is 42.8 Å². The summed E-state index contributed by atoms with van der Waals surface area (Å²) >= 11 is 0. The third-order valence-electron chi connectivity index (χ3n) is 2.58. The number of aryl methyl sites for hydroxylation is 2. The van der Waals surface area contributed by atoms with Crippen molar-refractivity contribution in [1.82, 2.24) is 9.97 Å². The average Bonchev–Trinajstić information content (AvgIpc) is 2.18. The van der Waals surface area contributed by atoms with E-state index < -0.39 is 0 Å². The Balaban J connectivity index is 2.53. The molecule has 70 valence electrons. The Morgan fingerprint density at radius 2 is 2.15 bits per heavy atom. The predicted molar refractivity (Wildman–Crippen MR) is 50.9 cm³/mol. The Morgan fingerprint density at radius 1 is 1.38 bits per heavy atom. The highest BCUT2D eigenvalue weighted by Gasteiger charge is 2.14. The number of aromatic amines is 1. The highest BCUT2D eigenvalue weighted by Crippen LogP contribution is 2.15. The van der Waals surface area contributed by atoms with Crippen molar-refractivity contribution in [2.45, 2.75) is 39.0 Å². The van der Waals surface area contributed by atoms with Gasteiger partial charge in [0.05, 0.1) is 5.69 Å². The maximum atomic E-state index is 11.5. The first kappa shape index (κ1) is 8.48. The normalized spacial score (nSPS) is 15.5. The molecule has 0 bridgehead atoms. The summed E-state index contributed by atoms with van der Waals surface area (Å²) in [6.45, 7) is 2.01. The van der Waals surface area contributed by atoms with Gasteiger partial charge in [0, 0.05) is 12.0 Å². The van der Waals surface area contributed by atoms with E-state index in [2.05, 4.69) is 9.97 Å². The minimum absolute atomic E-state index is 0.0848. The zero-order valence-corrected chi connectivity index (χ0v) is 7.89. The molecule has 1 heterocycles. The minimum atomic E-state index is 0.0848. The van der Waals surface area contributed by atoms with E-state index in [4.69, 9.17) is 0 Å². The molecule has 0 atom stereocenters. The molecule has 1 aromatic rings. The molecule has 3 nitrogen and oxygen atoms in total. The maximum absolute atomic E-state index is 11.5. The second-order valence-corrected chi connectivity index (χ2v) is 3.50. The van der Waals surface area contributed by atoms with Crippen LogP contribution in [0.15, 0.2) is 4.79 Å². The van der Waals surface area contributed by atoms with E-state index in [0.29, 0.717) is 0 Å². The SMILES string of the molecule is CCc1nc2c(c(=O)[nH]1)CCCC2. The van der Waals surface area contributed by atoms with Crippen LogP contribution >= 0.6 is 0 Å². The highest BCUT2D eigenvalue weighted by molar-refractivity contribution is 5.20. The third-order valence-corrected chi connectivity index (χ3v) is 2.58. The highest BCUT2D eigenvalue weighted by atomic mass is 16.1. The number of rotatable bonds is 1. The van der Waals surface area contributed by atoms with E-state index in [1.165, 1.54) is 6.42 Å². The molecule has 0 fully saturated rings. The van der Waals surface area contributed by atoms with Crippen molar-refractivity contribution in [2.24, 2.45) is 0 Å². The Hall–Kier alpha value is -1.12. The number of nitrogens with one attached hydrogen (secondary N) is 1. The monoisotopic (exact) mass is 178 g/mol. The number of nitrogens with zero attached hydrogens (tertiary/aromatic N) is 1. The average molecular weight is 178 g/mol. The molecule has 0 amide bonds. The van der Waals surface area contributed by atoms with E-state index >= 15 is 0 Å². The quantitative estimate of drug-likeness (QED) is 0.702. The van der Waals surface area contributed by atoms with Crippen LogP contribution in [0, 0.1) is 0 Å². The first-order valence-corrected chi connectivity index (χ1v) is 4.92. The molecule has 0 unspecified atom stereocenters. The van der Waals surface area contributed by atoms with Gasteiger partial charge in [-0.15, -0.1) is 0 Å². The van der Waals surface area contributed by atoms with Gasteiger partial charge in [-0.25, -0.2) is 4.98 Å². The van der Waals surface area contributed by atoms with E-state index in [-0.39, 0.29) is 5.56 Å². The van der Waals surface area contributed by atoms with E-state index in [1.54, 1.807) is 0 Å². The Labute approximate surface area is 77.2 Å². The molecule has 1 aromatic heterocycles. The third kappa shape index (κ3) is 1.50.